The number of benzene rings is 1. The van der Waals surface area contributed by atoms with Gasteiger partial charge in [-0.2, -0.15) is 0 Å². The van der Waals surface area contributed by atoms with Gasteiger partial charge in [-0.15, -0.1) is 0 Å². The first-order valence-electron chi connectivity index (χ1n) is 10.2. The average Bonchev–Trinajstić information content (AvgIpc) is 2.70. The van der Waals surface area contributed by atoms with Crippen molar-refractivity contribution < 1.29 is 4.74 Å². The highest BCUT2D eigenvalue weighted by Crippen LogP contribution is 2.46. The Bertz CT molecular complexity index is 807. The molecule has 0 radical (unpaired) electrons. The van der Waals surface area contributed by atoms with Crippen LogP contribution in [0.3, 0.4) is 0 Å². The third-order valence-electron chi connectivity index (χ3n) is 5.84. The molecule has 0 unspecified atom stereocenters. The van der Waals surface area contributed by atoms with Gasteiger partial charge < -0.3 is 9.64 Å². The molecule has 28 heavy (non-hydrogen) atoms. The van der Waals surface area contributed by atoms with Crippen molar-refractivity contribution >= 4 is 23.3 Å². The number of rotatable bonds is 6. The maximum atomic E-state index is 5.46. The topological polar surface area (TPSA) is 41.5 Å². The van der Waals surface area contributed by atoms with E-state index in [1.165, 1.54) is 42.7 Å². The molecule has 0 atom stereocenters. The number of aromatic nitrogens is 2. The minimum atomic E-state index is 0.471. The summed E-state index contributed by atoms with van der Waals surface area (Å²) in [5, 5.41) is 0.934. The number of fused-ring (bicyclic) bond motifs is 2. The first kappa shape index (κ1) is 19.7. The number of hydrogen-bond donors (Lipinski definition) is 0. The largest absolute Gasteiger partial charge is 0.364 e. The Morgan fingerprint density at radius 2 is 1.96 bits per heavy atom. The second-order valence-corrected chi connectivity index (χ2v) is 9.29. The molecule has 1 aliphatic carbocycles. The molecule has 2 aliphatic rings. The number of hydrogen-bond acceptors (Lipinski definition) is 6. The monoisotopic (exact) mass is 398 g/mol. The molecule has 6 heteroatoms. The van der Waals surface area contributed by atoms with E-state index in [0.717, 1.165) is 34.9 Å². The minimum absolute atomic E-state index is 0.471. The van der Waals surface area contributed by atoms with E-state index in [2.05, 4.69) is 51.9 Å². The maximum absolute atomic E-state index is 5.46. The lowest BCUT2D eigenvalue weighted by Crippen LogP contribution is -2.28. The van der Waals surface area contributed by atoms with Gasteiger partial charge >= 0.3 is 0 Å². The third kappa shape index (κ3) is 4.34. The smallest absolute Gasteiger partial charge is 0.168 e. The molecule has 1 saturated carbocycles. The summed E-state index contributed by atoms with van der Waals surface area (Å²) in [4.78, 5) is 14.8. The molecule has 1 aliphatic heterocycles. The van der Waals surface area contributed by atoms with Gasteiger partial charge in [-0.1, -0.05) is 37.6 Å². The summed E-state index contributed by atoms with van der Waals surface area (Å²) in [6.45, 7) is 5.02. The molecule has 0 saturated heterocycles. The molecule has 0 N–H and O–H groups in total. The van der Waals surface area contributed by atoms with Gasteiger partial charge in [-0.3, -0.25) is 4.90 Å². The summed E-state index contributed by atoms with van der Waals surface area (Å²) in [7, 11) is 3.97. The van der Waals surface area contributed by atoms with Gasteiger partial charge in [0, 0.05) is 37.5 Å². The van der Waals surface area contributed by atoms with Crippen LogP contribution in [0.4, 0.5) is 11.5 Å². The fraction of sp³-hybridized carbons (Fsp3) is 0.545. The van der Waals surface area contributed by atoms with Crippen molar-refractivity contribution in [1.82, 2.24) is 14.9 Å². The van der Waals surface area contributed by atoms with E-state index in [1.54, 1.807) is 31.3 Å². The van der Waals surface area contributed by atoms with Crippen LogP contribution in [0.5, 0.6) is 0 Å². The van der Waals surface area contributed by atoms with Crippen LogP contribution in [0, 0.1) is 11.8 Å². The van der Waals surface area contributed by atoms with Crippen LogP contribution >= 0.6 is 11.8 Å². The molecule has 1 aromatic heterocycles. The van der Waals surface area contributed by atoms with Gasteiger partial charge in [-0.05, 0) is 49.4 Å². The van der Waals surface area contributed by atoms with Crippen LogP contribution in [0.15, 0.2) is 40.5 Å². The normalized spacial score (nSPS) is 21.5. The first-order valence-corrected chi connectivity index (χ1v) is 11.0. The van der Waals surface area contributed by atoms with Crippen LogP contribution in [-0.2, 0) is 11.3 Å². The molecule has 0 spiro atoms. The lowest BCUT2D eigenvalue weighted by molar-refractivity contribution is 0.204. The zero-order valence-corrected chi connectivity index (χ0v) is 17.9. The lowest BCUT2D eigenvalue weighted by Gasteiger charge is -2.31. The van der Waals surface area contributed by atoms with Crippen molar-refractivity contribution in [3.8, 4) is 0 Å². The second-order valence-electron chi connectivity index (χ2n) is 8.26. The molecule has 4 rings (SSSR count). The number of nitrogens with zero attached hydrogens (tertiary/aromatic N) is 4. The van der Waals surface area contributed by atoms with Crippen LogP contribution < -0.4 is 4.90 Å². The zero-order valence-electron chi connectivity index (χ0n) is 17.1. The van der Waals surface area contributed by atoms with E-state index in [-0.39, 0.29) is 0 Å². The van der Waals surface area contributed by atoms with E-state index in [9.17, 15) is 0 Å². The van der Waals surface area contributed by atoms with Gasteiger partial charge in [0.2, 0.25) is 0 Å². The molecule has 0 bridgehead atoms. The second kappa shape index (κ2) is 8.80. The third-order valence-corrected chi connectivity index (χ3v) is 6.89. The van der Waals surface area contributed by atoms with Gasteiger partial charge in [-0.25, -0.2) is 9.97 Å². The number of ether oxygens (including phenoxy) is 1. The molecule has 2 aromatic rings. The highest BCUT2D eigenvalue weighted by atomic mass is 32.2. The molecule has 150 valence electrons. The molecule has 1 fully saturated rings. The highest BCUT2D eigenvalue weighted by Gasteiger charge is 2.26. The fourth-order valence-corrected chi connectivity index (χ4v) is 5.33. The molecular weight excluding hydrogens is 368 g/mol. The minimum Gasteiger partial charge on any atom is -0.364 e. The van der Waals surface area contributed by atoms with Crippen LogP contribution in [0.1, 0.15) is 38.2 Å². The summed E-state index contributed by atoms with van der Waals surface area (Å²) in [6.07, 6.45) is 9.03. The Balaban J connectivity index is 1.48. The fourth-order valence-electron chi connectivity index (χ4n) is 4.34. The molecular formula is C22H30N4OS. The van der Waals surface area contributed by atoms with Gasteiger partial charge in [0.05, 0.1) is 5.69 Å². The predicted octanol–water partition coefficient (Wildman–Crippen LogP) is 4.94. The van der Waals surface area contributed by atoms with Crippen molar-refractivity contribution in [2.24, 2.45) is 11.8 Å². The summed E-state index contributed by atoms with van der Waals surface area (Å²) in [5.74, 6) is 2.64. The van der Waals surface area contributed by atoms with E-state index >= 15 is 0 Å². The maximum Gasteiger partial charge on any atom is 0.168 e. The average molecular weight is 399 g/mol. The van der Waals surface area contributed by atoms with E-state index < -0.39 is 0 Å². The molecule has 0 amide bonds. The Morgan fingerprint density at radius 1 is 1.18 bits per heavy atom. The quantitative estimate of drug-likeness (QED) is 0.686. The summed E-state index contributed by atoms with van der Waals surface area (Å²) >= 11 is 1.68. The summed E-state index contributed by atoms with van der Waals surface area (Å²) < 4.78 is 5.46. The van der Waals surface area contributed by atoms with Crippen LogP contribution in [0.25, 0.3) is 0 Å². The molecule has 1 aromatic carbocycles. The lowest BCUT2D eigenvalue weighted by atomic mass is 9.83. The van der Waals surface area contributed by atoms with Gasteiger partial charge in [0.15, 0.2) is 5.82 Å². The van der Waals surface area contributed by atoms with Crippen LogP contribution in [-0.4, -0.2) is 42.3 Å². The Kier molecular flexibility index (Phi) is 6.19. The number of methoxy groups -OCH3 is 1. The molecule has 2 heterocycles. The SMILES string of the molecule is COCN1c2cc(CN(C)CC3CCC(C)CC3)ccc2Sc2nccnc21. The zero-order chi connectivity index (χ0) is 19.5. The van der Waals surface area contributed by atoms with Crippen molar-refractivity contribution in [2.75, 3.05) is 32.3 Å². The van der Waals surface area contributed by atoms with Crippen LogP contribution in [0.2, 0.25) is 0 Å². The number of anilines is 2. The van der Waals surface area contributed by atoms with Crippen molar-refractivity contribution in [2.45, 2.75) is 49.1 Å². The Morgan fingerprint density at radius 3 is 2.75 bits per heavy atom. The highest BCUT2D eigenvalue weighted by molar-refractivity contribution is 7.99. The van der Waals surface area contributed by atoms with Crippen molar-refractivity contribution in [3.63, 3.8) is 0 Å². The standard InChI is InChI=1S/C22H30N4OS/c1-16-4-6-17(7-5-16)13-25(2)14-18-8-9-20-19(12-18)26(15-27-3)21-22(28-20)24-11-10-23-21/h8-12,16-17H,4-7,13-15H2,1-3H3. The van der Waals surface area contributed by atoms with Crippen molar-refractivity contribution in [1.29, 1.82) is 0 Å². The van der Waals surface area contributed by atoms with Gasteiger partial charge in [0.1, 0.15) is 11.8 Å². The van der Waals surface area contributed by atoms with Crippen molar-refractivity contribution in [3.05, 3.63) is 36.2 Å². The predicted molar refractivity (Wildman–Crippen MR) is 114 cm³/mol. The van der Waals surface area contributed by atoms with E-state index in [1.807, 2.05) is 0 Å². The Hall–Kier alpha value is -1.63. The molecule has 5 nitrogen and oxygen atoms in total. The van der Waals surface area contributed by atoms with E-state index in [4.69, 9.17) is 4.74 Å². The Labute approximate surface area is 172 Å². The summed E-state index contributed by atoms with van der Waals surface area (Å²) in [5.41, 5.74) is 2.50. The van der Waals surface area contributed by atoms with E-state index in [0.29, 0.717) is 6.73 Å². The summed E-state index contributed by atoms with van der Waals surface area (Å²) in [6, 6.07) is 6.75. The van der Waals surface area contributed by atoms with Gasteiger partial charge in [0.25, 0.3) is 0 Å². The first-order chi connectivity index (χ1) is 13.6.